The molecule has 1 atom stereocenters. The Hall–Kier alpha value is -3.37. The Kier molecular flexibility index (Phi) is 6.63. The van der Waals surface area contributed by atoms with Crippen LogP contribution < -0.4 is 0 Å². The Bertz CT molecular complexity index is 1150. The van der Waals surface area contributed by atoms with Gasteiger partial charge in [-0.05, 0) is 38.5 Å². The molecule has 0 spiro atoms. The number of hydrogen-bond acceptors (Lipinski definition) is 8. The van der Waals surface area contributed by atoms with Crippen molar-refractivity contribution in [3.05, 3.63) is 51.7 Å². The number of rotatable bonds is 6. The van der Waals surface area contributed by atoms with Crippen LogP contribution in [0.5, 0.6) is 0 Å². The number of aliphatic hydroxyl groups is 1. The van der Waals surface area contributed by atoms with Gasteiger partial charge >= 0.3 is 5.97 Å². The van der Waals surface area contributed by atoms with Crippen LogP contribution in [0.1, 0.15) is 44.9 Å². The predicted octanol–water partition coefficient (Wildman–Crippen LogP) is 2.07. The van der Waals surface area contributed by atoms with Crippen LogP contribution in [0.4, 0.5) is 0 Å². The molecule has 10 nitrogen and oxygen atoms in total. The summed E-state index contributed by atoms with van der Waals surface area (Å²) in [6.07, 6.45) is 0. The van der Waals surface area contributed by atoms with E-state index in [0.717, 1.165) is 13.1 Å². The third kappa shape index (κ3) is 4.14. The SMILES string of the molecule is COC(=O)c1[nH]c(C)c(C(O)=C2C(=O)C(=O)N(CCN3CCOCC3)C2c2ccc(C)o2)c1C. The molecule has 0 aromatic carbocycles. The van der Waals surface area contributed by atoms with Crippen molar-refractivity contribution >= 4 is 23.4 Å². The van der Waals surface area contributed by atoms with Crippen LogP contribution in [0.3, 0.4) is 0 Å². The number of carbonyl (C=O) groups excluding carboxylic acids is 3. The monoisotopic (exact) mass is 471 g/mol. The fourth-order valence-electron chi connectivity index (χ4n) is 4.63. The first-order valence-electron chi connectivity index (χ1n) is 11.2. The number of hydrogen-bond donors (Lipinski definition) is 2. The zero-order valence-electron chi connectivity index (χ0n) is 19.8. The highest BCUT2D eigenvalue weighted by Crippen LogP contribution is 2.41. The highest BCUT2D eigenvalue weighted by atomic mass is 16.5. The first-order valence-corrected chi connectivity index (χ1v) is 11.2. The van der Waals surface area contributed by atoms with E-state index in [1.54, 1.807) is 32.9 Å². The molecule has 1 amide bonds. The first-order chi connectivity index (χ1) is 16.2. The van der Waals surface area contributed by atoms with Crippen LogP contribution in [-0.2, 0) is 19.1 Å². The lowest BCUT2D eigenvalue weighted by Crippen LogP contribution is -2.42. The topological polar surface area (TPSA) is 125 Å². The van der Waals surface area contributed by atoms with Gasteiger partial charge in [0.2, 0.25) is 0 Å². The number of H-pyrrole nitrogens is 1. The molecule has 4 rings (SSSR count). The van der Waals surface area contributed by atoms with Crippen LogP contribution in [0.15, 0.2) is 22.1 Å². The third-order valence-corrected chi connectivity index (χ3v) is 6.40. The normalized spacial score (nSPS) is 20.8. The van der Waals surface area contributed by atoms with Gasteiger partial charge in [0.25, 0.3) is 11.7 Å². The minimum atomic E-state index is -0.884. The number of nitrogens with one attached hydrogen (secondary N) is 1. The van der Waals surface area contributed by atoms with Gasteiger partial charge in [-0.1, -0.05) is 0 Å². The summed E-state index contributed by atoms with van der Waals surface area (Å²) in [4.78, 5) is 45.0. The Morgan fingerprint density at radius 2 is 1.88 bits per heavy atom. The molecule has 2 N–H and O–H groups in total. The highest BCUT2D eigenvalue weighted by molar-refractivity contribution is 6.46. The predicted molar refractivity (Wildman–Crippen MR) is 121 cm³/mol. The molecule has 0 radical (unpaired) electrons. The number of aromatic nitrogens is 1. The largest absolute Gasteiger partial charge is 0.507 e. The molecule has 2 aromatic heterocycles. The minimum absolute atomic E-state index is 0.0667. The van der Waals surface area contributed by atoms with Crippen LogP contribution >= 0.6 is 0 Å². The summed E-state index contributed by atoms with van der Waals surface area (Å²) in [5, 5.41) is 11.4. The maximum absolute atomic E-state index is 13.2. The van der Waals surface area contributed by atoms with E-state index in [1.807, 2.05) is 0 Å². The summed E-state index contributed by atoms with van der Waals surface area (Å²) >= 11 is 0. The first kappa shape index (κ1) is 23.8. The van der Waals surface area contributed by atoms with Crippen molar-refractivity contribution in [3.63, 3.8) is 0 Å². The minimum Gasteiger partial charge on any atom is -0.507 e. The molecule has 182 valence electrons. The van der Waals surface area contributed by atoms with Gasteiger partial charge in [0, 0.05) is 37.4 Å². The smallest absolute Gasteiger partial charge is 0.354 e. The molecule has 0 bridgehead atoms. The molecule has 4 heterocycles. The number of nitrogens with zero attached hydrogens (tertiary/aromatic N) is 2. The number of aliphatic hydroxyl groups excluding tert-OH is 1. The number of Topliss-reactive ketones (excluding diaryl/α,β-unsaturated/α-hetero) is 1. The van der Waals surface area contributed by atoms with Gasteiger partial charge in [-0.15, -0.1) is 0 Å². The number of aromatic amines is 1. The van der Waals surface area contributed by atoms with E-state index in [0.29, 0.717) is 48.1 Å². The molecule has 34 heavy (non-hydrogen) atoms. The van der Waals surface area contributed by atoms with Gasteiger partial charge in [0.15, 0.2) is 0 Å². The lowest BCUT2D eigenvalue weighted by Gasteiger charge is -2.30. The fraction of sp³-hybridized carbons (Fsp3) is 0.458. The van der Waals surface area contributed by atoms with Crippen molar-refractivity contribution in [1.82, 2.24) is 14.8 Å². The van der Waals surface area contributed by atoms with Crippen molar-refractivity contribution < 1.29 is 33.4 Å². The molecular formula is C24H29N3O7. The quantitative estimate of drug-likeness (QED) is 0.284. The summed E-state index contributed by atoms with van der Waals surface area (Å²) in [7, 11) is 1.26. The molecule has 10 heteroatoms. The number of aryl methyl sites for hydroxylation is 2. The van der Waals surface area contributed by atoms with Gasteiger partial charge in [-0.3, -0.25) is 14.5 Å². The number of ketones is 1. The Labute approximate surface area is 197 Å². The zero-order valence-corrected chi connectivity index (χ0v) is 19.8. The molecular weight excluding hydrogens is 442 g/mol. The molecule has 1 unspecified atom stereocenters. The molecule has 2 aliphatic heterocycles. The zero-order chi connectivity index (χ0) is 24.6. The average molecular weight is 472 g/mol. The Morgan fingerprint density at radius 3 is 2.50 bits per heavy atom. The number of ether oxygens (including phenoxy) is 2. The summed E-state index contributed by atoms with van der Waals surface area (Å²) in [5.74, 6) is -1.43. The van der Waals surface area contributed by atoms with Crippen molar-refractivity contribution in [2.75, 3.05) is 46.5 Å². The summed E-state index contributed by atoms with van der Waals surface area (Å²) in [6, 6.07) is 2.57. The maximum Gasteiger partial charge on any atom is 0.354 e. The maximum atomic E-state index is 13.2. The van der Waals surface area contributed by atoms with E-state index in [1.165, 1.54) is 12.0 Å². The standard InChI is InChI=1S/C24H29N3O7/c1-13-5-6-16(34-13)20-18(21(28)17-14(2)19(24(31)32-4)25-15(17)3)22(29)23(30)27(20)8-7-26-9-11-33-12-10-26/h5-6,20,25,28H,7-12H2,1-4H3. The van der Waals surface area contributed by atoms with E-state index in [4.69, 9.17) is 13.9 Å². The molecule has 0 aliphatic carbocycles. The molecule has 2 aliphatic rings. The lowest BCUT2D eigenvalue weighted by atomic mass is 9.97. The lowest BCUT2D eigenvalue weighted by molar-refractivity contribution is -0.140. The number of amides is 1. The van der Waals surface area contributed by atoms with Crippen molar-refractivity contribution in [1.29, 1.82) is 0 Å². The van der Waals surface area contributed by atoms with Crippen molar-refractivity contribution in [3.8, 4) is 0 Å². The fourth-order valence-corrected chi connectivity index (χ4v) is 4.63. The van der Waals surface area contributed by atoms with Crippen LogP contribution in [-0.4, -0.2) is 84.1 Å². The van der Waals surface area contributed by atoms with Gasteiger partial charge < -0.3 is 28.9 Å². The average Bonchev–Trinajstić information content (AvgIpc) is 3.46. The summed E-state index contributed by atoms with van der Waals surface area (Å²) in [5.41, 5.74) is 1.30. The van der Waals surface area contributed by atoms with E-state index in [-0.39, 0.29) is 23.6 Å². The van der Waals surface area contributed by atoms with E-state index in [9.17, 15) is 19.5 Å². The van der Waals surface area contributed by atoms with Crippen LogP contribution in [0.25, 0.3) is 5.76 Å². The highest BCUT2D eigenvalue weighted by Gasteiger charge is 2.48. The Balaban J connectivity index is 1.78. The van der Waals surface area contributed by atoms with E-state index >= 15 is 0 Å². The van der Waals surface area contributed by atoms with E-state index < -0.39 is 23.7 Å². The number of likely N-dealkylation sites (tertiary alicyclic amines) is 1. The molecule has 2 aromatic rings. The molecule has 0 saturated carbocycles. The second-order valence-corrected chi connectivity index (χ2v) is 8.51. The Morgan fingerprint density at radius 1 is 1.18 bits per heavy atom. The third-order valence-electron chi connectivity index (χ3n) is 6.40. The summed E-state index contributed by atoms with van der Waals surface area (Å²) in [6.45, 7) is 8.65. The number of morpholine rings is 1. The number of carbonyl (C=O) groups is 3. The molecule has 2 saturated heterocycles. The second-order valence-electron chi connectivity index (χ2n) is 8.51. The van der Waals surface area contributed by atoms with Crippen molar-refractivity contribution in [2.45, 2.75) is 26.8 Å². The van der Waals surface area contributed by atoms with Crippen LogP contribution in [0.2, 0.25) is 0 Å². The van der Waals surface area contributed by atoms with Crippen LogP contribution in [0, 0.1) is 20.8 Å². The number of esters is 1. The van der Waals surface area contributed by atoms with E-state index in [2.05, 4.69) is 9.88 Å². The number of furan rings is 1. The van der Waals surface area contributed by atoms with Gasteiger partial charge in [-0.25, -0.2) is 4.79 Å². The van der Waals surface area contributed by atoms with Gasteiger partial charge in [0.05, 0.1) is 25.9 Å². The summed E-state index contributed by atoms with van der Waals surface area (Å²) < 4.78 is 16.0. The van der Waals surface area contributed by atoms with Crippen molar-refractivity contribution in [2.24, 2.45) is 0 Å². The molecule has 2 fully saturated rings. The number of methoxy groups -OCH3 is 1. The van der Waals surface area contributed by atoms with Gasteiger partial charge in [0.1, 0.15) is 29.0 Å². The second kappa shape index (κ2) is 9.47. The van der Waals surface area contributed by atoms with Gasteiger partial charge in [-0.2, -0.15) is 0 Å².